The standard InChI is InChI=1S/C25H17NO3/c27-14-25-18-12-6-4-10-16(18)20(17-11-5-7-13-19(17)25)21-22(25)24(29)26(23(21)28)15-8-2-1-3-9-15/h1-14,20-22H/t20?,21-,22+,25?/m0/s1. The highest BCUT2D eigenvalue weighted by molar-refractivity contribution is 6.24. The van der Waals surface area contributed by atoms with Gasteiger partial charge in [-0.15, -0.1) is 0 Å². The molecular formula is C25H17NO3. The second kappa shape index (κ2) is 5.51. The van der Waals surface area contributed by atoms with Crippen LogP contribution in [0.15, 0.2) is 78.9 Å². The molecule has 1 fully saturated rings. The molecule has 2 bridgehead atoms. The molecule has 4 aliphatic rings. The Morgan fingerprint density at radius 3 is 1.86 bits per heavy atom. The van der Waals surface area contributed by atoms with Crippen molar-refractivity contribution in [3.63, 3.8) is 0 Å². The first kappa shape index (κ1) is 16.4. The molecule has 0 unspecified atom stereocenters. The molecule has 1 heterocycles. The minimum absolute atomic E-state index is 0.216. The lowest BCUT2D eigenvalue weighted by molar-refractivity contribution is -0.128. The molecular weight excluding hydrogens is 362 g/mol. The van der Waals surface area contributed by atoms with Crippen molar-refractivity contribution >= 4 is 23.8 Å². The molecule has 3 aromatic carbocycles. The van der Waals surface area contributed by atoms with E-state index in [1.54, 1.807) is 12.1 Å². The van der Waals surface area contributed by atoms with Gasteiger partial charge in [0, 0.05) is 5.92 Å². The van der Waals surface area contributed by atoms with E-state index in [2.05, 4.69) is 0 Å². The minimum atomic E-state index is -1.14. The summed E-state index contributed by atoms with van der Waals surface area (Å²) in [6.07, 6.45) is 0.900. The average molecular weight is 379 g/mol. The summed E-state index contributed by atoms with van der Waals surface area (Å²) < 4.78 is 0. The first-order valence-corrected chi connectivity index (χ1v) is 9.78. The average Bonchev–Trinajstić information content (AvgIpc) is 3.05. The number of carbonyl (C=O) groups is 3. The van der Waals surface area contributed by atoms with Gasteiger partial charge in [-0.3, -0.25) is 9.59 Å². The number of benzene rings is 3. The van der Waals surface area contributed by atoms with E-state index in [9.17, 15) is 14.4 Å². The lowest BCUT2D eigenvalue weighted by Gasteiger charge is -2.51. The summed E-state index contributed by atoms with van der Waals surface area (Å²) in [6.45, 7) is 0. The van der Waals surface area contributed by atoms with Gasteiger partial charge in [0.1, 0.15) is 6.29 Å². The van der Waals surface area contributed by atoms with Crippen molar-refractivity contribution in [1.29, 1.82) is 0 Å². The lowest BCUT2D eigenvalue weighted by atomic mass is 9.48. The van der Waals surface area contributed by atoms with Crippen LogP contribution >= 0.6 is 0 Å². The fraction of sp³-hybridized carbons (Fsp3) is 0.160. The molecule has 2 atom stereocenters. The zero-order valence-electron chi connectivity index (χ0n) is 15.5. The molecule has 2 amide bonds. The highest BCUT2D eigenvalue weighted by Gasteiger charge is 2.68. The van der Waals surface area contributed by atoms with Gasteiger partial charge in [0.05, 0.1) is 22.9 Å². The molecule has 3 aromatic rings. The third kappa shape index (κ3) is 1.77. The maximum atomic E-state index is 13.7. The number of rotatable bonds is 2. The van der Waals surface area contributed by atoms with Crippen LogP contribution in [0.4, 0.5) is 5.69 Å². The van der Waals surface area contributed by atoms with Crippen molar-refractivity contribution in [3.8, 4) is 0 Å². The number of carbonyl (C=O) groups excluding carboxylic acids is 3. The SMILES string of the molecule is O=CC12c3ccccc3C(c3ccccc31)[C@@H]1C(=O)N(c3ccccc3)C(=O)[C@@H]12. The molecule has 4 nitrogen and oxygen atoms in total. The maximum absolute atomic E-state index is 13.7. The summed E-state index contributed by atoms with van der Waals surface area (Å²) in [6, 6.07) is 24.5. The monoisotopic (exact) mass is 379 g/mol. The maximum Gasteiger partial charge on any atom is 0.239 e. The minimum Gasteiger partial charge on any atom is -0.302 e. The van der Waals surface area contributed by atoms with Crippen molar-refractivity contribution < 1.29 is 14.4 Å². The number of hydrogen-bond donors (Lipinski definition) is 0. The summed E-state index contributed by atoms with van der Waals surface area (Å²) in [7, 11) is 0. The van der Waals surface area contributed by atoms with E-state index >= 15 is 0 Å². The summed E-state index contributed by atoms with van der Waals surface area (Å²) in [5.74, 6) is -2.02. The van der Waals surface area contributed by atoms with Crippen molar-refractivity contribution in [2.45, 2.75) is 11.3 Å². The fourth-order valence-electron chi connectivity index (χ4n) is 5.86. The van der Waals surface area contributed by atoms with Gasteiger partial charge in [-0.05, 0) is 34.4 Å². The van der Waals surface area contributed by atoms with Gasteiger partial charge < -0.3 is 4.79 Å². The molecule has 1 aliphatic heterocycles. The third-order valence-corrected chi connectivity index (χ3v) is 6.88. The van der Waals surface area contributed by atoms with E-state index in [1.165, 1.54) is 4.90 Å². The molecule has 7 rings (SSSR count). The molecule has 3 aliphatic carbocycles. The van der Waals surface area contributed by atoms with Crippen LogP contribution in [0.5, 0.6) is 0 Å². The number of para-hydroxylation sites is 1. The Labute approximate surface area is 167 Å². The second-order valence-electron chi connectivity index (χ2n) is 7.99. The normalized spacial score (nSPS) is 28.7. The number of nitrogens with zero attached hydrogens (tertiary/aromatic N) is 1. The Morgan fingerprint density at radius 1 is 0.724 bits per heavy atom. The predicted molar refractivity (Wildman–Crippen MR) is 107 cm³/mol. The zero-order valence-corrected chi connectivity index (χ0v) is 15.5. The molecule has 0 radical (unpaired) electrons. The van der Waals surface area contributed by atoms with Crippen molar-refractivity contribution in [1.82, 2.24) is 0 Å². The largest absolute Gasteiger partial charge is 0.302 e. The van der Waals surface area contributed by atoms with Gasteiger partial charge in [-0.1, -0.05) is 66.7 Å². The number of imide groups is 1. The molecule has 1 saturated heterocycles. The Bertz CT molecular complexity index is 1150. The smallest absolute Gasteiger partial charge is 0.239 e. The quantitative estimate of drug-likeness (QED) is 0.506. The zero-order chi connectivity index (χ0) is 19.8. The fourth-order valence-corrected chi connectivity index (χ4v) is 5.86. The summed E-state index contributed by atoms with van der Waals surface area (Å²) in [4.78, 5) is 41.4. The van der Waals surface area contributed by atoms with Crippen LogP contribution < -0.4 is 4.90 Å². The van der Waals surface area contributed by atoms with Crippen molar-refractivity contribution in [3.05, 3.63) is 101 Å². The van der Waals surface area contributed by atoms with Crippen molar-refractivity contribution in [2.24, 2.45) is 11.8 Å². The first-order valence-electron chi connectivity index (χ1n) is 9.78. The van der Waals surface area contributed by atoms with Crippen LogP contribution in [-0.4, -0.2) is 18.1 Å². The van der Waals surface area contributed by atoms with Crippen LogP contribution in [0.1, 0.15) is 28.2 Å². The molecule has 4 heteroatoms. The first-order chi connectivity index (χ1) is 14.2. The van der Waals surface area contributed by atoms with E-state index in [1.807, 2.05) is 66.7 Å². The molecule has 140 valence electrons. The number of amides is 2. The lowest BCUT2D eigenvalue weighted by Crippen LogP contribution is -2.54. The molecule has 0 aromatic heterocycles. The second-order valence-corrected chi connectivity index (χ2v) is 7.99. The summed E-state index contributed by atoms with van der Waals surface area (Å²) in [5, 5.41) is 0. The van der Waals surface area contributed by atoms with Crippen LogP contribution in [-0.2, 0) is 19.8 Å². The highest BCUT2D eigenvalue weighted by atomic mass is 16.2. The molecule has 29 heavy (non-hydrogen) atoms. The Balaban J connectivity index is 1.67. The Morgan fingerprint density at radius 2 is 1.28 bits per heavy atom. The topological polar surface area (TPSA) is 54.5 Å². The molecule has 0 spiro atoms. The summed E-state index contributed by atoms with van der Waals surface area (Å²) >= 11 is 0. The van der Waals surface area contributed by atoms with Gasteiger partial charge in [0.25, 0.3) is 0 Å². The Hall–Kier alpha value is -3.53. The van der Waals surface area contributed by atoms with E-state index in [-0.39, 0.29) is 17.7 Å². The molecule has 0 N–H and O–H groups in total. The van der Waals surface area contributed by atoms with Crippen LogP contribution in [0, 0.1) is 11.8 Å². The van der Waals surface area contributed by atoms with Gasteiger partial charge in [-0.25, -0.2) is 4.90 Å². The van der Waals surface area contributed by atoms with Gasteiger partial charge in [0.2, 0.25) is 11.8 Å². The number of anilines is 1. The number of aldehydes is 1. The number of hydrogen-bond acceptors (Lipinski definition) is 3. The third-order valence-electron chi connectivity index (χ3n) is 6.88. The van der Waals surface area contributed by atoms with Crippen LogP contribution in [0.25, 0.3) is 0 Å². The molecule has 0 saturated carbocycles. The predicted octanol–water partition coefficient (Wildman–Crippen LogP) is 3.44. The van der Waals surface area contributed by atoms with E-state index in [0.29, 0.717) is 5.69 Å². The Kier molecular flexibility index (Phi) is 3.12. The van der Waals surface area contributed by atoms with Crippen LogP contribution in [0.2, 0.25) is 0 Å². The van der Waals surface area contributed by atoms with Gasteiger partial charge >= 0.3 is 0 Å². The highest BCUT2D eigenvalue weighted by Crippen LogP contribution is 2.63. The van der Waals surface area contributed by atoms with E-state index in [0.717, 1.165) is 28.5 Å². The van der Waals surface area contributed by atoms with Gasteiger partial charge in [-0.2, -0.15) is 0 Å². The van der Waals surface area contributed by atoms with E-state index < -0.39 is 17.3 Å². The van der Waals surface area contributed by atoms with Crippen molar-refractivity contribution in [2.75, 3.05) is 4.90 Å². The van der Waals surface area contributed by atoms with E-state index in [4.69, 9.17) is 0 Å². The summed E-state index contributed by atoms with van der Waals surface area (Å²) in [5.41, 5.74) is 3.10. The van der Waals surface area contributed by atoms with Gasteiger partial charge in [0.15, 0.2) is 0 Å². The van der Waals surface area contributed by atoms with Crippen LogP contribution in [0.3, 0.4) is 0 Å².